The van der Waals surface area contributed by atoms with Gasteiger partial charge in [0.25, 0.3) is 5.91 Å². The number of hydrogen-bond acceptors (Lipinski definition) is 6. The summed E-state index contributed by atoms with van der Waals surface area (Å²) in [5.41, 5.74) is 1.19. The normalized spacial score (nSPS) is 19.0. The number of nitrogens with zero attached hydrogens (tertiary/aromatic N) is 6. The lowest BCUT2D eigenvalue weighted by Crippen LogP contribution is -2.51. The second-order valence-corrected chi connectivity index (χ2v) is 8.02. The number of aromatic nitrogens is 5. The summed E-state index contributed by atoms with van der Waals surface area (Å²) in [4.78, 5) is 25.5. The number of carbonyl (C=O) groups excluding carboxylic acids is 1. The number of hydrogen-bond donors (Lipinski definition) is 1. The minimum Gasteiger partial charge on any atom is -0.368 e. The van der Waals surface area contributed by atoms with E-state index in [-0.39, 0.29) is 11.9 Å². The van der Waals surface area contributed by atoms with Crippen molar-refractivity contribution in [1.82, 2.24) is 29.9 Å². The molecule has 0 unspecified atom stereocenters. The van der Waals surface area contributed by atoms with Crippen LogP contribution in [-0.4, -0.2) is 54.9 Å². The number of carbonyl (C=O) groups is 1. The molecule has 9 heteroatoms. The van der Waals surface area contributed by atoms with Gasteiger partial charge in [0.15, 0.2) is 5.82 Å². The first kappa shape index (κ1) is 20.3. The van der Waals surface area contributed by atoms with Crippen LogP contribution in [0.4, 0.5) is 5.82 Å². The highest BCUT2D eigenvalue weighted by atomic mass is 35.5. The zero-order valence-electron chi connectivity index (χ0n) is 17.0. The highest BCUT2D eigenvalue weighted by molar-refractivity contribution is 6.30. The van der Waals surface area contributed by atoms with Crippen LogP contribution in [0.25, 0.3) is 5.82 Å². The van der Waals surface area contributed by atoms with Gasteiger partial charge in [-0.15, -0.1) is 4.80 Å². The molecule has 3 aromatic rings. The quantitative estimate of drug-likeness (QED) is 0.674. The highest BCUT2D eigenvalue weighted by Gasteiger charge is 2.33. The number of amides is 1. The Balaban J connectivity index is 1.52. The Kier molecular flexibility index (Phi) is 5.94. The number of piperidine rings is 1. The van der Waals surface area contributed by atoms with Crippen LogP contribution in [0.5, 0.6) is 0 Å². The molecule has 0 radical (unpaired) electrons. The maximum Gasteiger partial charge on any atom is 0.272 e. The molecule has 3 aromatic heterocycles. The van der Waals surface area contributed by atoms with E-state index in [1.807, 2.05) is 24.0 Å². The van der Waals surface area contributed by atoms with Crippen LogP contribution in [0.2, 0.25) is 5.02 Å². The van der Waals surface area contributed by atoms with Crippen molar-refractivity contribution in [2.45, 2.75) is 32.7 Å². The van der Waals surface area contributed by atoms with Crippen LogP contribution >= 0.6 is 11.6 Å². The number of pyridine rings is 2. The predicted octanol–water partition coefficient (Wildman–Crippen LogP) is 3.37. The van der Waals surface area contributed by atoms with Gasteiger partial charge in [0.1, 0.15) is 11.5 Å². The summed E-state index contributed by atoms with van der Waals surface area (Å²) < 4.78 is 0. The van der Waals surface area contributed by atoms with Gasteiger partial charge in [-0.1, -0.05) is 24.6 Å². The van der Waals surface area contributed by atoms with E-state index in [1.165, 1.54) is 4.80 Å². The molecule has 4 heterocycles. The standard InChI is InChI=1S/C21H24ClN7O/c1-14-5-4-10-28(18(14)13-24-19-9-8-16(22)12-23-19)21(30)17-6-3-7-20(26-17)29-25-11-15(2)27-29/h3,6-9,11-12,14,18H,4-5,10,13H2,1-2H3,(H,23,24)/t14-,18-/m1/s1. The van der Waals surface area contributed by atoms with Crippen LogP contribution in [0.1, 0.15) is 35.9 Å². The van der Waals surface area contributed by atoms with Gasteiger partial charge in [-0.05, 0) is 49.9 Å². The van der Waals surface area contributed by atoms with Gasteiger partial charge < -0.3 is 10.2 Å². The second-order valence-electron chi connectivity index (χ2n) is 7.58. The summed E-state index contributed by atoms with van der Waals surface area (Å²) in [6, 6.07) is 9.02. The third kappa shape index (κ3) is 4.43. The van der Waals surface area contributed by atoms with E-state index in [0.29, 0.717) is 35.5 Å². The number of aryl methyl sites for hydroxylation is 1. The fraction of sp³-hybridized carbons (Fsp3) is 0.381. The second kappa shape index (κ2) is 8.79. The fourth-order valence-electron chi connectivity index (χ4n) is 3.75. The van der Waals surface area contributed by atoms with Crippen molar-refractivity contribution in [3.63, 3.8) is 0 Å². The van der Waals surface area contributed by atoms with E-state index in [9.17, 15) is 4.79 Å². The van der Waals surface area contributed by atoms with Gasteiger partial charge in [0.2, 0.25) is 0 Å². The van der Waals surface area contributed by atoms with E-state index in [2.05, 4.69) is 32.4 Å². The first-order valence-electron chi connectivity index (χ1n) is 10.0. The molecule has 0 bridgehead atoms. The van der Waals surface area contributed by atoms with Crippen LogP contribution in [0.3, 0.4) is 0 Å². The molecule has 1 saturated heterocycles. The van der Waals surface area contributed by atoms with Gasteiger partial charge in [-0.2, -0.15) is 10.2 Å². The monoisotopic (exact) mass is 425 g/mol. The van der Waals surface area contributed by atoms with E-state index in [0.717, 1.165) is 24.4 Å². The average Bonchev–Trinajstić information content (AvgIpc) is 3.20. The molecular weight excluding hydrogens is 402 g/mol. The minimum absolute atomic E-state index is 0.0410. The average molecular weight is 426 g/mol. The summed E-state index contributed by atoms with van der Waals surface area (Å²) in [5.74, 6) is 1.55. The summed E-state index contributed by atoms with van der Waals surface area (Å²) in [6.45, 7) is 5.36. The number of rotatable bonds is 5. The SMILES string of the molecule is Cc1cnn(-c2cccc(C(=O)N3CCC[C@@H](C)[C@H]3CNc3ccc(Cl)cn3)n2)n1. The molecular formula is C21H24ClN7O. The molecule has 30 heavy (non-hydrogen) atoms. The lowest BCUT2D eigenvalue weighted by molar-refractivity contribution is 0.0534. The van der Waals surface area contributed by atoms with Gasteiger partial charge in [0.05, 0.1) is 23.0 Å². The molecule has 1 amide bonds. The molecule has 0 saturated carbocycles. The van der Waals surface area contributed by atoms with E-state index < -0.39 is 0 Å². The minimum atomic E-state index is -0.0804. The van der Waals surface area contributed by atoms with Gasteiger partial charge in [-0.25, -0.2) is 9.97 Å². The number of nitrogens with one attached hydrogen (secondary N) is 1. The third-order valence-electron chi connectivity index (χ3n) is 5.36. The largest absolute Gasteiger partial charge is 0.368 e. The van der Waals surface area contributed by atoms with Crippen molar-refractivity contribution < 1.29 is 4.79 Å². The maximum absolute atomic E-state index is 13.4. The van der Waals surface area contributed by atoms with Crippen molar-refractivity contribution in [3.05, 3.63) is 59.1 Å². The van der Waals surface area contributed by atoms with Gasteiger partial charge >= 0.3 is 0 Å². The summed E-state index contributed by atoms with van der Waals surface area (Å²) in [6.07, 6.45) is 5.32. The van der Waals surface area contributed by atoms with Gasteiger partial charge in [0, 0.05) is 19.3 Å². The van der Waals surface area contributed by atoms with Crippen LogP contribution in [0.15, 0.2) is 42.7 Å². The molecule has 0 aromatic carbocycles. The Bertz CT molecular complexity index is 1020. The Hall–Kier alpha value is -3.00. The third-order valence-corrected chi connectivity index (χ3v) is 5.58. The van der Waals surface area contributed by atoms with E-state index >= 15 is 0 Å². The van der Waals surface area contributed by atoms with Crippen LogP contribution < -0.4 is 5.32 Å². The Morgan fingerprint density at radius 2 is 2.13 bits per heavy atom. The predicted molar refractivity (Wildman–Crippen MR) is 115 cm³/mol. The Labute approximate surface area is 180 Å². The Morgan fingerprint density at radius 1 is 1.27 bits per heavy atom. The molecule has 1 N–H and O–H groups in total. The van der Waals surface area contributed by atoms with Crippen molar-refractivity contribution in [2.75, 3.05) is 18.4 Å². The summed E-state index contributed by atoms with van der Waals surface area (Å²) in [5, 5.41) is 12.4. The number of likely N-dealkylation sites (tertiary alicyclic amines) is 1. The molecule has 8 nitrogen and oxygen atoms in total. The maximum atomic E-state index is 13.4. The van der Waals surface area contributed by atoms with Crippen LogP contribution in [-0.2, 0) is 0 Å². The van der Waals surface area contributed by atoms with Crippen molar-refractivity contribution in [1.29, 1.82) is 0 Å². The lowest BCUT2D eigenvalue weighted by atomic mass is 9.90. The molecule has 1 aliphatic heterocycles. The highest BCUT2D eigenvalue weighted by Crippen LogP contribution is 2.25. The van der Waals surface area contributed by atoms with Crippen LogP contribution in [0, 0.1) is 12.8 Å². The fourth-order valence-corrected chi connectivity index (χ4v) is 3.86. The van der Waals surface area contributed by atoms with Gasteiger partial charge in [-0.3, -0.25) is 4.79 Å². The number of anilines is 1. The molecule has 0 spiro atoms. The van der Waals surface area contributed by atoms with Crippen molar-refractivity contribution in [2.24, 2.45) is 5.92 Å². The lowest BCUT2D eigenvalue weighted by Gasteiger charge is -2.40. The molecule has 4 rings (SSSR count). The van der Waals surface area contributed by atoms with E-state index in [4.69, 9.17) is 11.6 Å². The molecule has 2 atom stereocenters. The molecule has 0 aliphatic carbocycles. The van der Waals surface area contributed by atoms with Crippen molar-refractivity contribution >= 4 is 23.3 Å². The summed E-state index contributed by atoms with van der Waals surface area (Å²) in [7, 11) is 0. The first-order chi connectivity index (χ1) is 14.5. The Morgan fingerprint density at radius 3 is 2.87 bits per heavy atom. The molecule has 1 aliphatic rings. The topological polar surface area (TPSA) is 88.8 Å². The van der Waals surface area contributed by atoms with Crippen molar-refractivity contribution in [3.8, 4) is 5.82 Å². The summed E-state index contributed by atoms with van der Waals surface area (Å²) >= 11 is 5.91. The smallest absolute Gasteiger partial charge is 0.272 e. The zero-order chi connectivity index (χ0) is 21.1. The molecule has 1 fully saturated rings. The first-order valence-corrected chi connectivity index (χ1v) is 10.4. The molecule has 156 valence electrons. The number of halogens is 1. The van der Waals surface area contributed by atoms with E-state index in [1.54, 1.807) is 30.6 Å². The zero-order valence-corrected chi connectivity index (χ0v) is 17.8.